The molecular weight excluding hydrogens is 406 g/mol. The maximum Gasteiger partial charge on any atom is 0.270 e. The smallest absolute Gasteiger partial charge is 0.270 e. The van der Waals surface area contributed by atoms with Crippen LogP contribution < -0.4 is 5.32 Å². The van der Waals surface area contributed by atoms with Crippen LogP contribution in [0, 0.1) is 4.77 Å². The van der Waals surface area contributed by atoms with Gasteiger partial charge in [0.1, 0.15) is 16.5 Å². The van der Waals surface area contributed by atoms with E-state index in [1.807, 2.05) is 48.0 Å². The second-order valence-corrected chi connectivity index (χ2v) is 7.49. The Morgan fingerprint density at radius 2 is 2.14 bits per heavy atom. The van der Waals surface area contributed by atoms with E-state index >= 15 is 0 Å². The number of aromatic amines is 1. The van der Waals surface area contributed by atoms with Crippen molar-refractivity contribution in [1.82, 2.24) is 34.8 Å². The predicted molar refractivity (Wildman–Crippen MR) is 114 cm³/mol. The van der Waals surface area contributed by atoms with Gasteiger partial charge in [0.05, 0.1) is 11.9 Å². The summed E-state index contributed by atoms with van der Waals surface area (Å²) in [6, 6.07) is 9.84. The third-order valence-electron chi connectivity index (χ3n) is 4.37. The van der Waals surface area contributed by atoms with Gasteiger partial charge < -0.3 is 9.88 Å². The van der Waals surface area contributed by atoms with E-state index in [1.54, 1.807) is 16.3 Å². The number of aromatic nitrogens is 6. The van der Waals surface area contributed by atoms with Crippen molar-refractivity contribution in [2.45, 2.75) is 19.9 Å². The van der Waals surface area contributed by atoms with Gasteiger partial charge in [-0.1, -0.05) is 18.2 Å². The molecule has 1 aromatic carbocycles. The minimum atomic E-state index is -0.208. The number of hydrogen-bond acceptors (Lipinski definition) is 6. The summed E-state index contributed by atoms with van der Waals surface area (Å²) in [6.07, 6.45) is 4.25. The van der Waals surface area contributed by atoms with Crippen LogP contribution in [0.5, 0.6) is 0 Å². The number of H-pyrrole nitrogens is 1. The molecule has 0 aliphatic rings. The van der Waals surface area contributed by atoms with Crippen molar-refractivity contribution in [3.05, 3.63) is 64.4 Å². The van der Waals surface area contributed by atoms with Gasteiger partial charge in [-0.15, -0.1) is 11.3 Å². The first-order valence-electron chi connectivity index (χ1n) is 9.14. The number of para-hydroxylation sites is 1. The molecule has 0 saturated carbocycles. The number of hydrogen-bond donors (Lipinski definition) is 2. The van der Waals surface area contributed by atoms with Crippen molar-refractivity contribution < 1.29 is 4.79 Å². The molecule has 0 saturated heterocycles. The van der Waals surface area contributed by atoms with E-state index in [2.05, 4.69) is 25.6 Å². The summed E-state index contributed by atoms with van der Waals surface area (Å²) in [5, 5.41) is 16.8. The first-order chi connectivity index (χ1) is 14.2. The summed E-state index contributed by atoms with van der Waals surface area (Å²) in [6.45, 7) is 3.20. The highest BCUT2D eigenvalue weighted by Gasteiger charge is 2.14. The van der Waals surface area contributed by atoms with Crippen LogP contribution in [0.25, 0.3) is 16.3 Å². The van der Waals surface area contributed by atoms with Gasteiger partial charge in [-0.25, -0.2) is 9.67 Å². The average molecular weight is 426 g/mol. The molecule has 0 fully saturated rings. The Hall–Kier alpha value is -3.11. The molecule has 0 aliphatic heterocycles. The Balaban J connectivity index is 1.39. The molecule has 0 atom stereocenters. The Morgan fingerprint density at radius 1 is 1.31 bits per heavy atom. The normalized spacial score (nSPS) is 10.9. The van der Waals surface area contributed by atoms with Crippen molar-refractivity contribution in [1.29, 1.82) is 0 Å². The maximum atomic E-state index is 12.4. The fourth-order valence-electron chi connectivity index (χ4n) is 2.91. The summed E-state index contributed by atoms with van der Waals surface area (Å²) in [7, 11) is 0. The fourth-order valence-corrected chi connectivity index (χ4v) is 3.97. The molecule has 0 aliphatic carbocycles. The second kappa shape index (κ2) is 8.50. The Bertz CT molecular complexity index is 1170. The van der Waals surface area contributed by atoms with Crippen LogP contribution in [0.3, 0.4) is 0 Å². The number of carbonyl (C=O) groups is 1. The zero-order valence-corrected chi connectivity index (χ0v) is 17.3. The van der Waals surface area contributed by atoms with Gasteiger partial charge in [-0.05, 0) is 31.3 Å². The molecule has 2 N–H and O–H groups in total. The lowest BCUT2D eigenvalue weighted by molar-refractivity contribution is 0.0949. The van der Waals surface area contributed by atoms with E-state index in [9.17, 15) is 4.79 Å². The highest BCUT2D eigenvalue weighted by atomic mass is 32.1. The first-order valence-corrected chi connectivity index (χ1v) is 10.4. The monoisotopic (exact) mass is 425 g/mol. The van der Waals surface area contributed by atoms with E-state index < -0.39 is 0 Å². The molecule has 29 heavy (non-hydrogen) atoms. The topological polar surface area (TPSA) is 93.4 Å². The molecule has 148 valence electrons. The first kappa shape index (κ1) is 19.2. The second-order valence-electron chi connectivity index (χ2n) is 6.24. The fraction of sp³-hybridized carbons (Fsp3) is 0.211. The molecule has 1 amide bonds. The SMILES string of the molecule is CCn1c(CCNC(=O)c2csc(-c3cnn(-c4ccccc4)c3)n2)n[nH]c1=S. The van der Waals surface area contributed by atoms with E-state index in [0.717, 1.165) is 28.6 Å². The standard InChI is InChI=1S/C19H19N7OS2/c1-2-25-16(23-24-19(25)28)8-9-20-17(27)15-12-29-18(22-15)13-10-21-26(11-13)14-6-4-3-5-7-14/h3-7,10-12H,2,8-9H2,1H3,(H,20,27)(H,24,28). The van der Waals surface area contributed by atoms with Crippen molar-refractivity contribution in [3.8, 4) is 16.3 Å². The third-order valence-corrected chi connectivity index (χ3v) is 5.58. The van der Waals surface area contributed by atoms with Crippen molar-refractivity contribution in [2.75, 3.05) is 6.54 Å². The lowest BCUT2D eigenvalue weighted by Crippen LogP contribution is -2.26. The maximum absolute atomic E-state index is 12.4. The largest absolute Gasteiger partial charge is 0.350 e. The Labute approximate surface area is 176 Å². The molecule has 0 bridgehead atoms. The van der Waals surface area contributed by atoms with E-state index in [1.165, 1.54) is 11.3 Å². The Morgan fingerprint density at radius 3 is 2.93 bits per heavy atom. The molecular formula is C19H19N7OS2. The predicted octanol–water partition coefficient (Wildman–Crippen LogP) is 3.24. The molecule has 10 heteroatoms. The van der Waals surface area contributed by atoms with Crippen LogP contribution >= 0.6 is 23.6 Å². The van der Waals surface area contributed by atoms with Gasteiger partial charge in [0, 0.05) is 36.7 Å². The zero-order valence-electron chi connectivity index (χ0n) is 15.7. The van der Waals surface area contributed by atoms with Crippen LogP contribution in [-0.2, 0) is 13.0 Å². The third kappa shape index (κ3) is 4.17. The van der Waals surface area contributed by atoms with Gasteiger partial charge in [-0.3, -0.25) is 9.89 Å². The number of amides is 1. The zero-order chi connectivity index (χ0) is 20.2. The summed E-state index contributed by atoms with van der Waals surface area (Å²) >= 11 is 6.59. The van der Waals surface area contributed by atoms with Crippen molar-refractivity contribution >= 4 is 29.5 Å². The Kier molecular flexibility index (Phi) is 5.63. The van der Waals surface area contributed by atoms with Gasteiger partial charge >= 0.3 is 0 Å². The van der Waals surface area contributed by atoms with Crippen LogP contribution in [0.4, 0.5) is 0 Å². The van der Waals surface area contributed by atoms with Gasteiger partial charge in [0.2, 0.25) is 0 Å². The van der Waals surface area contributed by atoms with Gasteiger partial charge in [-0.2, -0.15) is 10.2 Å². The number of carbonyl (C=O) groups excluding carboxylic acids is 1. The van der Waals surface area contributed by atoms with Crippen LogP contribution in [0.15, 0.2) is 48.1 Å². The average Bonchev–Trinajstić information content (AvgIpc) is 3.48. The van der Waals surface area contributed by atoms with Gasteiger partial charge in [0.25, 0.3) is 5.91 Å². The molecule has 0 radical (unpaired) electrons. The molecule has 3 aromatic heterocycles. The molecule has 4 aromatic rings. The summed E-state index contributed by atoms with van der Waals surface area (Å²) < 4.78 is 4.29. The molecule has 4 rings (SSSR count). The molecule has 8 nitrogen and oxygen atoms in total. The lowest BCUT2D eigenvalue weighted by atomic mass is 10.3. The van der Waals surface area contributed by atoms with Crippen LogP contribution in [-0.4, -0.2) is 42.0 Å². The number of thiazole rings is 1. The summed E-state index contributed by atoms with van der Waals surface area (Å²) in [4.78, 5) is 16.9. The minimum absolute atomic E-state index is 0.208. The molecule has 0 spiro atoms. The highest BCUT2D eigenvalue weighted by molar-refractivity contribution is 7.71. The minimum Gasteiger partial charge on any atom is -0.350 e. The number of nitrogens with zero attached hydrogens (tertiary/aromatic N) is 5. The number of rotatable bonds is 7. The van der Waals surface area contributed by atoms with E-state index in [-0.39, 0.29) is 5.91 Å². The van der Waals surface area contributed by atoms with E-state index in [0.29, 0.717) is 23.4 Å². The van der Waals surface area contributed by atoms with Gasteiger partial charge in [0.15, 0.2) is 4.77 Å². The van der Waals surface area contributed by atoms with E-state index in [4.69, 9.17) is 12.2 Å². The van der Waals surface area contributed by atoms with Crippen molar-refractivity contribution in [2.24, 2.45) is 0 Å². The summed E-state index contributed by atoms with van der Waals surface area (Å²) in [5.74, 6) is 0.616. The molecule has 0 unspecified atom stereocenters. The van der Waals surface area contributed by atoms with Crippen LogP contribution in [0.1, 0.15) is 23.2 Å². The highest BCUT2D eigenvalue weighted by Crippen LogP contribution is 2.24. The quantitative estimate of drug-likeness (QED) is 0.444. The molecule has 3 heterocycles. The number of benzene rings is 1. The number of nitrogens with one attached hydrogen (secondary N) is 2. The summed E-state index contributed by atoms with van der Waals surface area (Å²) in [5.41, 5.74) is 2.24. The van der Waals surface area contributed by atoms with Crippen LogP contribution in [0.2, 0.25) is 0 Å². The van der Waals surface area contributed by atoms with Crippen molar-refractivity contribution in [3.63, 3.8) is 0 Å². The lowest BCUT2D eigenvalue weighted by Gasteiger charge is -2.04.